The van der Waals surface area contributed by atoms with Crippen LogP contribution in [0.1, 0.15) is 5.56 Å². The first-order chi connectivity index (χ1) is 12.7. The van der Waals surface area contributed by atoms with Gasteiger partial charge in [0.05, 0.1) is 0 Å². The molecule has 0 atom stereocenters. The van der Waals surface area contributed by atoms with Crippen LogP contribution in [0.3, 0.4) is 0 Å². The van der Waals surface area contributed by atoms with Crippen molar-refractivity contribution in [2.24, 2.45) is 0 Å². The zero-order valence-electron chi connectivity index (χ0n) is 13.7. The maximum atomic E-state index is 14.2. The summed E-state index contributed by atoms with van der Waals surface area (Å²) in [6.07, 6.45) is 5.07. The number of rotatable bonds is 4. The van der Waals surface area contributed by atoms with Gasteiger partial charge in [0.2, 0.25) is 0 Å². The minimum Gasteiger partial charge on any atom is -0.488 e. The van der Waals surface area contributed by atoms with E-state index in [1.807, 2.05) is 24.3 Å². The van der Waals surface area contributed by atoms with Gasteiger partial charge in [-0.3, -0.25) is 4.98 Å². The maximum absolute atomic E-state index is 14.2. The summed E-state index contributed by atoms with van der Waals surface area (Å²) in [4.78, 5) is 8.24. The van der Waals surface area contributed by atoms with E-state index >= 15 is 0 Å². The van der Waals surface area contributed by atoms with E-state index in [9.17, 15) is 4.39 Å². The molecule has 0 bridgehead atoms. The van der Waals surface area contributed by atoms with E-state index in [2.05, 4.69) is 9.97 Å². The molecule has 0 amide bonds. The van der Waals surface area contributed by atoms with Crippen LogP contribution in [0.25, 0.3) is 21.9 Å². The lowest BCUT2D eigenvalue weighted by Gasteiger charge is -2.14. The molecule has 128 valence electrons. The molecular formula is C21H14ClFN2O. The van der Waals surface area contributed by atoms with E-state index < -0.39 is 0 Å². The highest BCUT2D eigenvalue weighted by molar-refractivity contribution is 6.30. The van der Waals surface area contributed by atoms with E-state index in [4.69, 9.17) is 16.3 Å². The van der Waals surface area contributed by atoms with Crippen molar-refractivity contribution in [1.29, 1.82) is 0 Å². The number of fused-ring (bicyclic) bond motifs is 1. The van der Waals surface area contributed by atoms with Crippen molar-refractivity contribution in [3.05, 3.63) is 89.7 Å². The SMILES string of the molecule is Fc1ccccc1-c1ccnc(Cl)c1COc1cccc2cnccc12. The lowest BCUT2D eigenvalue weighted by molar-refractivity contribution is 0.310. The van der Waals surface area contributed by atoms with Gasteiger partial charge in [0.1, 0.15) is 23.3 Å². The van der Waals surface area contributed by atoms with Crippen LogP contribution in [0.4, 0.5) is 4.39 Å². The second kappa shape index (κ2) is 7.10. The first kappa shape index (κ1) is 16.5. The number of hydrogen-bond acceptors (Lipinski definition) is 3. The maximum Gasteiger partial charge on any atom is 0.136 e. The molecule has 2 aromatic heterocycles. The van der Waals surface area contributed by atoms with E-state index in [1.165, 1.54) is 6.07 Å². The van der Waals surface area contributed by atoms with Gasteiger partial charge in [-0.05, 0) is 29.8 Å². The van der Waals surface area contributed by atoms with E-state index in [-0.39, 0.29) is 12.4 Å². The summed E-state index contributed by atoms with van der Waals surface area (Å²) in [5.74, 6) is 0.400. The van der Waals surface area contributed by atoms with Gasteiger partial charge < -0.3 is 4.74 Å². The molecule has 4 rings (SSSR count). The molecule has 2 heterocycles. The van der Waals surface area contributed by atoms with Gasteiger partial charge in [0.15, 0.2) is 0 Å². The van der Waals surface area contributed by atoms with Gasteiger partial charge in [-0.2, -0.15) is 0 Å². The summed E-state index contributed by atoms with van der Waals surface area (Å²) in [6, 6.07) is 16.0. The molecule has 0 aliphatic rings. The molecule has 0 radical (unpaired) electrons. The van der Waals surface area contributed by atoms with E-state index in [0.29, 0.717) is 27.6 Å². The van der Waals surface area contributed by atoms with Crippen molar-refractivity contribution in [3.8, 4) is 16.9 Å². The van der Waals surface area contributed by atoms with Crippen LogP contribution < -0.4 is 4.74 Å². The molecule has 4 aromatic rings. The topological polar surface area (TPSA) is 35.0 Å². The molecular weight excluding hydrogens is 351 g/mol. The summed E-state index contributed by atoms with van der Waals surface area (Å²) in [7, 11) is 0. The van der Waals surface area contributed by atoms with Gasteiger partial charge in [0.25, 0.3) is 0 Å². The Hall–Kier alpha value is -2.98. The lowest BCUT2D eigenvalue weighted by Crippen LogP contribution is -2.01. The van der Waals surface area contributed by atoms with Crippen LogP contribution in [0, 0.1) is 5.82 Å². The fraction of sp³-hybridized carbons (Fsp3) is 0.0476. The third-order valence-corrected chi connectivity index (χ3v) is 4.51. The highest BCUT2D eigenvalue weighted by Gasteiger charge is 2.14. The zero-order valence-corrected chi connectivity index (χ0v) is 14.4. The third kappa shape index (κ3) is 3.11. The molecule has 5 heteroatoms. The number of pyridine rings is 2. The highest BCUT2D eigenvalue weighted by atomic mass is 35.5. The molecule has 0 saturated heterocycles. The normalized spacial score (nSPS) is 10.8. The van der Waals surface area contributed by atoms with Crippen molar-refractivity contribution in [2.75, 3.05) is 0 Å². The molecule has 0 fully saturated rings. The molecule has 0 unspecified atom stereocenters. The number of halogens is 2. The Balaban J connectivity index is 1.72. The Kier molecular flexibility index (Phi) is 4.50. The highest BCUT2D eigenvalue weighted by Crippen LogP contribution is 2.32. The van der Waals surface area contributed by atoms with Gasteiger partial charge in [-0.1, -0.05) is 41.9 Å². The van der Waals surface area contributed by atoms with Crippen molar-refractivity contribution >= 4 is 22.4 Å². The average Bonchev–Trinajstić information content (AvgIpc) is 2.67. The molecule has 2 aromatic carbocycles. The minimum absolute atomic E-state index is 0.178. The Bertz CT molecular complexity index is 1080. The minimum atomic E-state index is -0.313. The molecule has 0 aliphatic heterocycles. The molecule has 0 spiro atoms. The standard InChI is InChI=1S/C21H14ClFN2O/c22-21-18(16(9-11-25-21)17-5-1-2-6-19(17)23)13-26-20-7-3-4-14-12-24-10-8-15(14)20/h1-12H,13H2. The van der Waals surface area contributed by atoms with Crippen LogP contribution in [-0.2, 0) is 6.61 Å². The summed E-state index contributed by atoms with van der Waals surface area (Å²) in [5.41, 5.74) is 1.79. The first-order valence-electron chi connectivity index (χ1n) is 8.08. The molecule has 3 nitrogen and oxygen atoms in total. The number of hydrogen-bond donors (Lipinski definition) is 0. The van der Waals surface area contributed by atoms with Gasteiger partial charge in [-0.25, -0.2) is 9.37 Å². The third-order valence-electron chi connectivity index (χ3n) is 4.18. The zero-order chi connectivity index (χ0) is 17.9. The van der Waals surface area contributed by atoms with Crippen LogP contribution in [0.2, 0.25) is 5.15 Å². The van der Waals surface area contributed by atoms with Crippen LogP contribution in [0.5, 0.6) is 5.75 Å². The number of nitrogens with zero attached hydrogens (tertiary/aromatic N) is 2. The first-order valence-corrected chi connectivity index (χ1v) is 8.45. The summed E-state index contributed by atoms with van der Waals surface area (Å²) < 4.78 is 20.3. The van der Waals surface area contributed by atoms with E-state index in [0.717, 1.165) is 10.8 Å². The van der Waals surface area contributed by atoms with Crippen LogP contribution in [-0.4, -0.2) is 9.97 Å². The number of ether oxygens (including phenoxy) is 1. The number of aromatic nitrogens is 2. The van der Waals surface area contributed by atoms with Gasteiger partial charge in [0, 0.05) is 40.5 Å². The lowest BCUT2D eigenvalue weighted by atomic mass is 10.0. The summed E-state index contributed by atoms with van der Waals surface area (Å²) >= 11 is 6.29. The van der Waals surface area contributed by atoms with E-state index in [1.54, 1.807) is 42.9 Å². The van der Waals surface area contributed by atoms with Crippen molar-refractivity contribution in [2.45, 2.75) is 6.61 Å². The predicted molar refractivity (Wildman–Crippen MR) is 101 cm³/mol. The second-order valence-corrected chi connectivity index (χ2v) is 6.11. The van der Waals surface area contributed by atoms with Crippen LogP contribution >= 0.6 is 11.6 Å². The summed E-state index contributed by atoms with van der Waals surface area (Å²) in [5, 5.41) is 2.24. The monoisotopic (exact) mass is 364 g/mol. The fourth-order valence-corrected chi connectivity index (χ4v) is 3.12. The molecule has 26 heavy (non-hydrogen) atoms. The summed E-state index contributed by atoms with van der Waals surface area (Å²) in [6.45, 7) is 0.178. The van der Waals surface area contributed by atoms with Gasteiger partial charge >= 0.3 is 0 Å². The molecule has 0 aliphatic carbocycles. The predicted octanol–water partition coefficient (Wildman–Crippen LogP) is 5.67. The largest absolute Gasteiger partial charge is 0.488 e. The Morgan fingerprint density at radius 1 is 0.923 bits per heavy atom. The average molecular weight is 365 g/mol. The van der Waals surface area contributed by atoms with Crippen molar-refractivity contribution < 1.29 is 9.13 Å². The Labute approximate surface area is 155 Å². The molecule has 0 saturated carbocycles. The Morgan fingerprint density at radius 2 is 1.81 bits per heavy atom. The van der Waals surface area contributed by atoms with Gasteiger partial charge in [-0.15, -0.1) is 0 Å². The number of benzene rings is 2. The smallest absolute Gasteiger partial charge is 0.136 e. The molecule has 0 N–H and O–H groups in total. The second-order valence-electron chi connectivity index (χ2n) is 5.75. The Morgan fingerprint density at radius 3 is 2.69 bits per heavy atom. The fourth-order valence-electron chi connectivity index (χ4n) is 2.90. The van der Waals surface area contributed by atoms with Crippen molar-refractivity contribution in [3.63, 3.8) is 0 Å². The van der Waals surface area contributed by atoms with Crippen LogP contribution in [0.15, 0.2) is 73.2 Å². The van der Waals surface area contributed by atoms with Crippen molar-refractivity contribution in [1.82, 2.24) is 9.97 Å². The quantitative estimate of drug-likeness (QED) is 0.438.